The fourth-order valence-corrected chi connectivity index (χ4v) is 1.19. The highest BCUT2D eigenvalue weighted by Gasteiger charge is 2.13. The van der Waals surface area contributed by atoms with Crippen molar-refractivity contribution in [3.8, 4) is 0 Å². The van der Waals surface area contributed by atoms with Gasteiger partial charge in [-0.05, 0) is 12.5 Å². The van der Waals surface area contributed by atoms with E-state index in [4.69, 9.17) is 4.74 Å². The van der Waals surface area contributed by atoms with Crippen molar-refractivity contribution < 1.29 is 14.3 Å². The van der Waals surface area contributed by atoms with E-state index in [0.29, 0.717) is 0 Å². The molecule has 1 aromatic carbocycles. The van der Waals surface area contributed by atoms with Crippen LogP contribution in [0.3, 0.4) is 0 Å². The lowest BCUT2D eigenvalue weighted by Crippen LogP contribution is -2.14. The molecule has 3 heteroatoms. The van der Waals surface area contributed by atoms with Crippen molar-refractivity contribution in [1.29, 1.82) is 0 Å². The van der Waals surface area contributed by atoms with Gasteiger partial charge >= 0.3 is 5.97 Å². The lowest BCUT2D eigenvalue weighted by Gasteiger charge is -2.07. The van der Waals surface area contributed by atoms with Crippen molar-refractivity contribution in [3.63, 3.8) is 0 Å². The molecule has 1 atom stereocenters. The van der Waals surface area contributed by atoms with Gasteiger partial charge in [0.15, 0.2) is 0 Å². The highest BCUT2D eigenvalue weighted by Crippen LogP contribution is 2.07. The number of benzene rings is 1. The first-order valence-electron chi connectivity index (χ1n) is 5.29. The lowest BCUT2D eigenvalue weighted by atomic mass is 10.0. The van der Waals surface area contributed by atoms with Crippen LogP contribution >= 0.6 is 0 Å². The van der Waals surface area contributed by atoms with Gasteiger partial charge < -0.3 is 4.74 Å². The molecule has 0 aromatic heterocycles. The van der Waals surface area contributed by atoms with E-state index in [1.54, 1.807) is 6.92 Å². The second-order valence-electron chi connectivity index (χ2n) is 3.86. The fraction of sp³-hybridized carbons (Fsp3) is 0.385. The third-order valence-electron chi connectivity index (χ3n) is 2.41. The minimum atomic E-state index is -0.327. The van der Waals surface area contributed by atoms with Crippen LogP contribution in [-0.2, 0) is 20.9 Å². The van der Waals surface area contributed by atoms with Gasteiger partial charge in [0.2, 0.25) is 0 Å². The second kappa shape index (κ2) is 6.05. The first-order chi connectivity index (χ1) is 7.59. The van der Waals surface area contributed by atoms with Crippen LogP contribution in [0.2, 0.25) is 0 Å². The number of esters is 1. The van der Waals surface area contributed by atoms with Gasteiger partial charge in [0.1, 0.15) is 12.4 Å². The molecule has 16 heavy (non-hydrogen) atoms. The van der Waals surface area contributed by atoms with Gasteiger partial charge in [0.25, 0.3) is 0 Å². The summed E-state index contributed by atoms with van der Waals surface area (Å²) in [6, 6.07) is 9.47. The topological polar surface area (TPSA) is 43.4 Å². The summed E-state index contributed by atoms with van der Waals surface area (Å²) in [6.07, 6.45) is 0.155. The van der Waals surface area contributed by atoms with Gasteiger partial charge in [0.05, 0.1) is 6.42 Å². The quantitative estimate of drug-likeness (QED) is 0.715. The molecule has 0 N–H and O–H groups in total. The second-order valence-corrected chi connectivity index (χ2v) is 3.86. The molecule has 1 aromatic rings. The van der Waals surface area contributed by atoms with Crippen molar-refractivity contribution in [2.24, 2.45) is 5.92 Å². The zero-order chi connectivity index (χ0) is 12.0. The summed E-state index contributed by atoms with van der Waals surface area (Å²) >= 11 is 0. The average molecular weight is 220 g/mol. The highest BCUT2D eigenvalue weighted by atomic mass is 16.5. The van der Waals surface area contributed by atoms with Crippen molar-refractivity contribution >= 4 is 11.8 Å². The van der Waals surface area contributed by atoms with Crippen LogP contribution in [-0.4, -0.2) is 11.8 Å². The molecule has 1 rings (SSSR count). The molecule has 0 amide bonds. The maximum Gasteiger partial charge on any atom is 0.306 e. The Bertz CT molecular complexity index is 357. The Morgan fingerprint density at radius 1 is 1.25 bits per heavy atom. The number of carbonyl (C=O) groups excluding carboxylic acids is 2. The third kappa shape index (κ3) is 4.26. The molecule has 0 bridgehead atoms. The van der Waals surface area contributed by atoms with Gasteiger partial charge in [0, 0.05) is 5.92 Å². The molecular formula is C13H16O3. The van der Waals surface area contributed by atoms with Crippen LogP contribution in [0.1, 0.15) is 25.8 Å². The number of Topliss-reactive ketones (excluding diaryl/α,β-unsaturated/α-hetero) is 1. The minimum Gasteiger partial charge on any atom is -0.461 e. The average Bonchev–Trinajstić information content (AvgIpc) is 2.27. The van der Waals surface area contributed by atoms with Crippen LogP contribution in [0.4, 0.5) is 0 Å². The Labute approximate surface area is 95.4 Å². The van der Waals surface area contributed by atoms with E-state index in [9.17, 15) is 9.59 Å². The minimum absolute atomic E-state index is 0.0108. The molecular weight excluding hydrogens is 204 g/mol. The molecule has 0 saturated carbocycles. The zero-order valence-electron chi connectivity index (χ0n) is 9.60. The number of hydrogen-bond donors (Lipinski definition) is 0. The van der Waals surface area contributed by atoms with E-state index in [0.717, 1.165) is 5.56 Å². The van der Waals surface area contributed by atoms with E-state index in [2.05, 4.69) is 0 Å². The summed E-state index contributed by atoms with van der Waals surface area (Å²) in [5.74, 6) is -0.577. The molecule has 0 fully saturated rings. The third-order valence-corrected chi connectivity index (χ3v) is 2.41. The van der Waals surface area contributed by atoms with Gasteiger partial charge in [-0.15, -0.1) is 0 Å². The summed E-state index contributed by atoms with van der Waals surface area (Å²) < 4.78 is 5.06. The normalized spacial score (nSPS) is 11.9. The lowest BCUT2D eigenvalue weighted by molar-refractivity contribution is -0.147. The van der Waals surface area contributed by atoms with Crippen molar-refractivity contribution in [1.82, 2.24) is 0 Å². The number of ketones is 1. The van der Waals surface area contributed by atoms with E-state index in [1.165, 1.54) is 6.92 Å². The van der Waals surface area contributed by atoms with Crippen LogP contribution < -0.4 is 0 Å². The van der Waals surface area contributed by atoms with Crippen molar-refractivity contribution in [2.45, 2.75) is 26.9 Å². The van der Waals surface area contributed by atoms with E-state index in [-0.39, 0.29) is 30.7 Å². The molecule has 0 aliphatic rings. The Balaban J connectivity index is 2.33. The maximum atomic E-state index is 11.4. The maximum absolute atomic E-state index is 11.4. The summed E-state index contributed by atoms with van der Waals surface area (Å²) in [6.45, 7) is 3.48. The molecule has 0 aliphatic carbocycles. The Morgan fingerprint density at radius 2 is 1.88 bits per heavy atom. The van der Waals surface area contributed by atoms with Crippen LogP contribution in [0, 0.1) is 5.92 Å². The Hall–Kier alpha value is -1.64. The van der Waals surface area contributed by atoms with E-state index >= 15 is 0 Å². The smallest absolute Gasteiger partial charge is 0.306 e. The molecule has 0 unspecified atom stereocenters. The van der Waals surface area contributed by atoms with Gasteiger partial charge in [-0.2, -0.15) is 0 Å². The summed E-state index contributed by atoms with van der Waals surface area (Å²) in [5, 5.41) is 0. The van der Waals surface area contributed by atoms with Gasteiger partial charge in [-0.1, -0.05) is 37.3 Å². The molecule has 0 saturated heterocycles. The summed E-state index contributed by atoms with van der Waals surface area (Å²) in [4.78, 5) is 22.3. The zero-order valence-corrected chi connectivity index (χ0v) is 9.60. The largest absolute Gasteiger partial charge is 0.461 e. The first-order valence-corrected chi connectivity index (χ1v) is 5.29. The predicted octanol–water partition coefficient (Wildman–Crippen LogP) is 2.35. The Morgan fingerprint density at radius 3 is 2.44 bits per heavy atom. The molecule has 3 nitrogen and oxygen atoms in total. The first kappa shape index (κ1) is 12.4. The van der Waals surface area contributed by atoms with Crippen molar-refractivity contribution in [3.05, 3.63) is 35.9 Å². The van der Waals surface area contributed by atoms with Crippen LogP contribution in [0.5, 0.6) is 0 Å². The highest BCUT2D eigenvalue weighted by molar-refractivity contribution is 5.83. The standard InChI is InChI=1S/C13H16O3/c1-10(11(2)14)8-13(15)16-9-12-6-4-3-5-7-12/h3-7,10H,8-9H2,1-2H3/t10-/m0/s1. The van der Waals surface area contributed by atoms with Crippen molar-refractivity contribution in [2.75, 3.05) is 0 Å². The number of hydrogen-bond acceptors (Lipinski definition) is 3. The van der Waals surface area contributed by atoms with Gasteiger partial charge in [-0.25, -0.2) is 0 Å². The number of carbonyl (C=O) groups is 2. The van der Waals surface area contributed by atoms with E-state index in [1.807, 2.05) is 30.3 Å². The molecule has 0 heterocycles. The monoisotopic (exact) mass is 220 g/mol. The number of ether oxygens (including phenoxy) is 1. The number of rotatable bonds is 5. The molecule has 86 valence electrons. The predicted molar refractivity (Wildman–Crippen MR) is 60.7 cm³/mol. The van der Waals surface area contributed by atoms with Crippen LogP contribution in [0.15, 0.2) is 30.3 Å². The molecule has 0 aliphatic heterocycles. The molecule has 0 spiro atoms. The fourth-order valence-electron chi connectivity index (χ4n) is 1.19. The van der Waals surface area contributed by atoms with E-state index < -0.39 is 0 Å². The summed E-state index contributed by atoms with van der Waals surface area (Å²) in [5.41, 5.74) is 0.950. The SMILES string of the molecule is CC(=O)[C@@H](C)CC(=O)OCc1ccccc1. The molecule has 0 radical (unpaired) electrons. The van der Waals surface area contributed by atoms with Gasteiger partial charge in [-0.3, -0.25) is 9.59 Å². The van der Waals surface area contributed by atoms with Crippen LogP contribution in [0.25, 0.3) is 0 Å². The summed E-state index contributed by atoms with van der Waals surface area (Å²) in [7, 11) is 0. The Kier molecular flexibility index (Phi) is 4.70.